The Balaban J connectivity index is 2.11. The van der Waals surface area contributed by atoms with Crippen molar-refractivity contribution in [2.75, 3.05) is 18.1 Å². The van der Waals surface area contributed by atoms with Crippen LogP contribution in [0.15, 0.2) is 22.7 Å². The van der Waals surface area contributed by atoms with Gasteiger partial charge in [-0.15, -0.1) is 0 Å². The van der Waals surface area contributed by atoms with Crippen LogP contribution in [-0.4, -0.2) is 18.1 Å². The second kappa shape index (κ2) is 7.65. The molecular weight excluding hydrogens is 325 g/mol. The van der Waals surface area contributed by atoms with Crippen molar-refractivity contribution in [1.82, 2.24) is 5.32 Å². The van der Waals surface area contributed by atoms with E-state index < -0.39 is 0 Å². The zero-order chi connectivity index (χ0) is 13.7. The molecule has 1 aromatic carbocycles. The summed E-state index contributed by atoms with van der Waals surface area (Å²) < 4.78 is 14.8. The van der Waals surface area contributed by atoms with Crippen molar-refractivity contribution in [2.45, 2.75) is 32.2 Å². The summed E-state index contributed by atoms with van der Waals surface area (Å²) in [5.41, 5.74) is 0.800. The first kappa shape index (κ1) is 15.3. The third-order valence-corrected chi connectivity index (χ3v) is 5.38. The third-order valence-electron chi connectivity index (χ3n) is 3.72. The molecule has 1 saturated heterocycles. The quantitative estimate of drug-likeness (QED) is 0.824. The van der Waals surface area contributed by atoms with Crippen molar-refractivity contribution < 1.29 is 4.39 Å². The molecule has 1 aliphatic rings. The van der Waals surface area contributed by atoms with E-state index in [0.29, 0.717) is 4.47 Å². The van der Waals surface area contributed by atoms with Gasteiger partial charge in [0.1, 0.15) is 5.82 Å². The minimum absolute atomic E-state index is 0.112. The summed E-state index contributed by atoms with van der Waals surface area (Å²) in [5.74, 6) is 3.12. The average molecular weight is 346 g/mol. The molecule has 1 aromatic rings. The van der Waals surface area contributed by atoms with Crippen LogP contribution in [0.1, 0.15) is 37.8 Å². The summed E-state index contributed by atoms with van der Waals surface area (Å²) in [6.45, 7) is 2.96. The number of halogens is 2. The number of thioether (sulfide) groups is 1. The Labute approximate surface area is 127 Å². The first-order chi connectivity index (χ1) is 9.22. The fourth-order valence-electron chi connectivity index (χ4n) is 2.67. The molecule has 1 aliphatic heterocycles. The van der Waals surface area contributed by atoms with Crippen LogP contribution in [-0.2, 0) is 0 Å². The van der Waals surface area contributed by atoms with E-state index in [4.69, 9.17) is 0 Å². The van der Waals surface area contributed by atoms with Crippen molar-refractivity contribution in [3.63, 3.8) is 0 Å². The van der Waals surface area contributed by atoms with Crippen molar-refractivity contribution in [2.24, 2.45) is 5.92 Å². The smallest absolute Gasteiger partial charge is 0.142 e. The maximum Gasteiger partial charge on any atom is 0.142 e. The van der Waals surface area contributed by atoms with E-state index >= 15 is 0 Å². The molecule has 0 aliphatic carbocycles. The molecular formula is C15H21BrFNS. The third kappa shape index (κ3) is 4.20. The van der Waals surface area contributed by atoms with Gasteiger partial charge in [-0.25, -0.2) is 4.39 Å². The molecule has 0 bridgehead atoms. The molecule has 1 atom stereocenters. The number of benzene rings is 1. The van der Waals surface area contributed by atoms with Gasteiger partial charge < -0.3 is 5.32 Å². The van der Waals surface area contributed by atoms with Crippen LogP contribution in [0.5, 0.6) is 0 Å². The first-order valence-corrected chi connectivity index (χ1v) is 8.92. The largest absolute Gasteiger partial charge is 0.310 e. The highest BCUT2D eigenvalue weighted by atomic mass is 79.9. The summed E-state index contributed by atoms with van der Waals surface area (Å²) in [5, 5.41) is 3.45. The van der Waals surface area contributed by atoms with E-state index in [2.05, 4.69) is 28.2 Å². The van der Waals surface area contributed by atoms with E-state index in [1.165, 1.54) is 24.3 Å². The fourth-order valence-corrected chi connectivity index (χ4v) is 4.26. The SMILES string of the molecule is CCNC(CC1CCSCC1)c1cccc(Br)c1F. The van der Waals surface area contributed by atoms with Crippen LogP contribution >= 0.6 is 27.7 Å². The van der Waals surface area contributed by atoms with Gasteiger partial charge in [0, 0.05) is 11.6 Å². The molecule has 1 nitrogen and oxygen atoms in total. The summed E-state index contributed by atoms with van der Waals surface area (Å²) >= 11 is 5.32. The maximum absolute atomic E-state index is 14.2. The summed E-state index contributed by atoms with van der Waals surface area (Å²) in [4.78, 5) is 0. The fraction of sp³-hybridized carbons (Fsp3) is 0.600. The number of rotatable bonds is 5. The highest BCUT2D eigenvalue weighted by Crippen LogP contribution is 2.33. The molecule has 1 N–H and O–H groups in total. The van der Waals surface area contributed by atoms with Crippen LogP contribution in [0.3, 0.4) is 0 Å². The number of nitrogens with one attached hydrogen (secondary N) is 1. The van der Waals surface area contributed by atoms with Crippen molar-refractivity contribution >= 4 is 27.7 Å². The van der Waals surface area contributed by atoms with Crippen LogP contribution in [0.2, 0.25) is 0 Å². The van der Waals surface area contributed by atoms with Gasteiger partial charge in [-0.05, 0) is 65.2 Å². The summed E-state index contributed by atoms with van der Waals surface area (Å²) in [7, 11) is 0. The Bertz CT molecular complexity index is 407. The van der Waals surface area contributed by atoms with Gasteiger partial charge in [0.25, 0.3) is 0 Å². The van der Waals surface area contributed by atoms with Gasteiger partial charge in [0.2, 0.25) is 0 Å². The van der Waals surface area contributed by atoms with E-state index in [0.717, 1.165) is 24.4 Å². The van der Waals surface area contributed by atoms with Gasteiger partial charge in [-0.1, -0.05) is 19.1 Å². The Morgan fingerprint density at radius 3 is 2.84 bits per heavy atom. The minimum atomic E-state index is -0.112. The topological polar surface area (TPSA) is 12.0 Å². The van der Waals surface area contributed by atoms with Gasteiger partial charge in [0.15, 0.2) is 0 Å². The van der Waals surface area contributed by atoms with Gasteiger partial charge in [-0.3, -0.25) is 0 Å². The Morgan fingerprint density at radius 2 is 2.16 bits per heavy atom. The molecule has 0 radical (unpaired) electrons. The number of hydrogen-bond acceptors (Lipinski definition) is 2. The lowest BCUT2D eigenvalue weighted by molar-refractivity contribution is 0.366. The Kier molecular flexibility index (Phi) is 6.17. The second-order valence-corrected chi connectivity index (χ2v) is 7.12. The molecule has 106 valence electrons. The van der Waals surface area contributed by atoms with Crippen LogP contribution in [0.25, 0.3) is 0 Å². The molecule has 4 heteroatoms. The lowest BCUT2D eigenvalue weighted by Crippen LogP contribution is -2.26. The lowest BCUT2D eigenvalue weighted by Gasteiger charge is -2.27. The van der Waals surface area contributed by atoms with E-state index in [1.807, 2.05) is 23.9 Å². The van der Waals surface area contributed by atoms with Crippen LogP contribution in [0.4, 0.5) is 4.39 Å². The number of hydrogen-bond donors (Lipinski definition) is 1. The predicted octanol–water partition coefficient (Wildman–Crippen LogP) is 4.77. The molecule has 1 heterocycles. The normalized spacial score (nSPS) is 18.5. The monoisotopic (exact) mass is 345 g/mol. The van der Waals surface area contributed by atoms with Crippen molar-refractivity contribution in [3.05, 3.63) is 34.1 Å². The maximum atomic E-state index is 14.2. The molecule has 2 rings (SSSR count). The minimum Gasteiger partial charge on any atom is -0.310 e. The highest BCUT2D eigenvalue weighted by Gasteiger charge is 2.22. The zero-order valence-electron chi connectivity index (χ0n) is 11.3. The first-order valence-electron chi connectivity index (χ1n) is 6.97. The molecule has 0 aromatic heterocycles. The van der Waals surface area contributed by atoms with E-state index in [9.17, 15) is 4.39 Å². The molecule has 0 amide bonds. The predicted molar refractivity (Wildman–Crippen MR) is 85.2 cm³/mol. The van der Waals surface area contributed by atoms with Crippen molar-refractivity contribution in [1.29, 1.82) is 0 Å². The van der Waals surface area contributed by atoms with Crippen LogP contribution < -0.4 is 5.32 Å². The molecule has 1 fully saturated rings. The summed E-state index contributed by atoms with van der Waals surface area (Å²) in [6, 6.07) is 5.73. The van der Waals surface area contributed by atoms with E-state index in [1.54, 1.807) is 6.07 Å². The molecule has 1 unspecified atom stereocenters. The molecule has 0 spiro atoms. The van der Waals surface area contributed by atoms with E-state index in [-0.39, 0.29) is 11.9 Å². The molecule has 0 saturated carbocycles. The molecule has 19 heavy (non-hydrogen) atoms. The Hall–Kier alpha value is -0.0600. The van der Waals surface area contributed by atoms with Crippen LogP contribution in [0, 0.1) is 11.7 Å². The Morgan fingerprint density at radius 1 is 1.42 bits per heavy atom. The second-order valence-electron chi connectivity index (χ2n) is 5.04. The zero-order valence-corrected chi connectivity index (χ0v) is 13.7. The van der Waals surface area contributed by atoms with Gasteiger partial charge >= 0.3 is 0 Å². The average Bonchev–Trinajstić information content (AvgIpc) is 2.43. The lowest BCUT2D eigenvalue weighted by atomic mass is 9.90. The van der Waals surface area contributed by atoms with Crippen molar-refractivity contribution in [3.8, 4) is 0 Å². The van der Waals surface area contributed by atoms with Gasteiger partial charge in [-0.2, -0.15) is 11.8 Å². The highest BCUT2D eigenvalue weighted by molar-refractivity contribution is 9.10. The van der Waals surface area contributed by atoms with Gasteiger partial charge in [0.05, 0.1) is 4.47 Å². The summed E-state index contributed by atoms with van der Waals surface area (Å²) in [6.07, 6.45) is 3.58. The standard InChI is InChI=1S/C15H21BrFNS/c1-2-18-14(10-11-6-8-19-9-7-11)12-4-3-5-13(16)15(12)17/h3-5,11,14,18H,2,6-10H2,1H3.